The fraction of sp³-hybridized carbons (Fsp3) is 0.0769. The van der Waals surface area contributed by atoms with Crippen molar-refractivity contribution in [1.82, 2.24) is 4.98 Å². The fourth-order valence-corrected chi connectivity index (χ4v) is 1.57. The summed E-state index contributed by atoms with van der Waals surface area (Å²) in [6.07, 6.45) is 1.56. The van der Waals surface area contributed by atoms with Crippen LogP contribution in [0.4, 0.5) is 5.82 Å². The largest absolute Gasteiger partial charge is 0.497 e. The van der Waals surface area contributed by atoms with E-state index in [1.54, 1.807) is 49.7 Å². The first-order valence-electron chi connectivity index (χ1n) is 5.26. The topological polar surface area (TPSA) is 51.2 Å². The monoisotopic (exact) mass is 262 g/mol. The molecule has 0 fully saturated rings. The predicted octanol–water partition coefficient (Wildman–Crippen LogP) is 3.00. The Morgan fingerprint density at radius 3 is 2.61 bits per heavy atom. The van der Waals surface area contributed by atoms with E-state index in [4.69, 9.17) is 16.3 Å². The normalized spacial score (nSPS) is 9.89. The lowest BCUT2D eigenvalue weighted by molar-refractivity contribution is 0.102. The third-order valence-corrected chi connectivity index (χ3v) is 2.65. The van der Waals surface area contributed by atoms with Gasteiger partial charge in [-0.05, 0) is 36.4 Å². The Hall–Kier alpha value is -2.07. The summed E-state index contributed by atoms with van der Waals surface area (Å²) >= 11 is 5.91. The van der Waals surface area contributed by atoms with Crippen molar-refractivity contribution in [3.8, 4) is 5.75 Å². The molecule has 2 rings (SSSR count). The SMILES string of the molecule is COc1ccc(C(=O)Nc2ncccc2Cl)cc1. The van der Waals surface area contributed by atoms with E-state index in [1.807, 2.05) is 0 Å². The van der Waals surface area contributed by atoms with Gasteiger partial charge in [0, 0.05) is 11.8 Å². The van der Waals surface area contributed by atoms with Crippen LogP contribution in [-0.4, -0.2) is 18.0 Å². The fourth-order valence-electron chi connectivity index (χ4n) is 1.40. The molecule has 0 atom stereocenters. The molecular weight excluding hydrogens is 252 g/mol. The van der Waals surface area contributed by atoms with E-state index >= 15 is 0 Å². The number of halogens is 1. The quantitative estimate of drug-likeness (QED) is 0.925. The van der Waals surface area contributed by atoms with Gasteiger partial charge in [-0.1, -0.05) is 11.6 Å². The van der Waals surface area contributed by atoms with Crippen LogP contribution in [0.3, 0.4) is 0 Å². The van der Waals surface area contributed by atoms with E-state index in [2.05, 4.69) is 10.3 Å². The minimum atomic E-state index is -0.266. The Bertz CT molecular complexity index is 555. The number of ether oxygens (including phenoxy) is 1. The summed E-state index contributed by atoms with van der Waals surface area (Å²) in [5, 5.41) is 3.04. The molecule has 0 radical (unpaired) electrons. The highest BCUT2D eigenvalue weighted by molar-refractivity contribution is 6.33. The molecule has 0 aliphatic rings. The third kappa shape index (κ3) is 2.78. The molecule has 1 aromatic carbocycles. The van der Waals surface area contributed by atoms with Crippen molar-refractivity contribution in [2.45, 2.75) is 0 Å². The maximum atomic E-state index is 11.9. The van der Waals surface area contributed by atoms with Crippen molar-refractivity contribution in [3.63, 3.8) is 0 Å². The Kier molecular flexibility index (Phi) is 3.79. The number of nitrogens with zero attached hydrogens (tertiary/aromatic N) is 1. The summed E-state index contributed by atoms with van der Waals surface area (Å²) in [6.45, 7) is 0. The molecule has 1 N–H and O–H groups in total. The van der Waals surface area contributed by atoms with Crippen LogP contribution in [0.2, 0.25) is 5.02 Å². The van der Waals surface area contributed by atoms with Gasteiger partial charge in [0.2, 0.25) is 0 Å². The maximum absolute atomic E-state index is 11.9. The number of carbonyl (C=O) groups excluding carboxylic acids is 1. The van der Waals surface area contributed by atoms with Crippen molar-refractivity contribution in [2.24, 2.45) is 0 Å². The number of amides is 1. The van der Waals surface area contributed by atoms with Gasteiger partial charge in [-0.15, -0.1) is 0 Å². The van der Waals surface area contributed by atoms with Crippen molar-refractivity contribution >= 4 is 23.3 Å². The summed E-state index contributed by atoms with van der Waals surface area (Å²) in [6, 6.07) is 10.1. The summed E-state index contributed by atoms with van der Waals surface area (Å²) in [4.78, 5) is 15.9. The van der Waals surface area contributed by atoms with E-state index in [0.29, 0.717) is 22.2 Å². The summed E-state index contributed by atoms with van der Waals surface area (Å²) in [5.41, 5.74) is 0.512. The summed E-state index contributed by atoms with van der Waals surface area (Å²) in [7, 11) is 1.57. The molecule has 0 saturated carbocycles. The Morgan fingerprint density at radius 1 is 1.28 bits per heavy atom. The number of methoxy groups -OCH3 is 1. The van der Waals surface area contributed by atoms with E-state index in [9.17, 15) is 4.79 Å². The zero-order valence-electron chi connectivity index (χ0n) is 9.68. The van der Waals surface area contributed by atoms with Crippen LogP contribution in [0.5, 0.6) is 5.75 Å². The third-order valence-electron chi connectivity index (χ3n) is 2.34. The molecule has 1 amide bonds. The molecule has 0 bridgehead atoms. The molecule has 2 aromatic rings. The number of benzene rings is 1. The van der Waals surface area contributed by atoms with Crippen LogP contribution in [-0.2, 0) is 0 Å². The number of hydrogen-bond acceptors (Lipinski definition) is 3. The van der Waals surface area contributed by atoms with Crippen LogP contribution in [0.25, 0.3) is 0 Å². The van der Waals surface area contributed by atoms with E-state index in [1.165, 1.54) is 0 Å². The number of carbonyl (C=O) groups is 1. The van der Waals surface area contributed by atoms with Crippen molar-refractivity contribution in [1.29, 1.82) is 0 Å². The lowest BCUT2D eigenvalue weighted by atomic mass is 10.2. The molecule has 18 heavy (non-hydrogen) atoms. The second-order valence-corrected chi connectivity index (χ2v) is 3.92. The first-order valence-corrected chi connectivity index (χ1v) is 5.64. The lowest BCUT2D eigenvalue weighted by Gasteiger charge is -2.06. The molecule has 0 saturated heterocycles. The molecule has 0 unspecified atom stereocenters. The van der Waals surface area contributed by atoms with Gasteiger partial charge >= 0.3 is 0 Å². The minimum absolute atomic E-state index is 0.266. The molecule has 5 heteroatoms. The van der Waals surface area contributed by atoms with Crippen LogP contribution < -0.4 is 10.1 Å². The van der Waals surface area contributed by atoms with Gasteiger partial charge in [-0.3, -0.25) is 4.79 Å². The van der Waals surface area contributed by atoms with Gasteiger partial charge < -0.3 is 10.1 Å². The minimum Gasteiger partial charge on any atom is -0.497 e. The van der Waals surface area contributed by atoms with Crippen LogP contribution >= 0.6 is 11.6 Å². The van der Waals surface area contributed by atoms with Gasteiger partial charge in [0.25, 0.3) is 5.91 Å². The predicted molar refractivity (Wildman–Crippen MR) is 70.2 cm³/mol. The maximum Gasteiger partial charge on any atom is 0.256 e. The first-order chi connectivity index (χ1) is 8.70. The molecule has 1 heterocycles. The lowest BCUT2D eigenvalue weighted by Crippen LogP contribution is -2.13. The number of aromatic nitrogens is 1. The number of hydrogen-bond donors (Lipinski definition) is 1. The molecular formula is C13H11ClN2O2. The average Bonchev–Trinajstić information content (AvgIpc) is 2.41. The van der Waals surface area contributed by atoms with Crippen molar-refractivity contribution in [3.05, 3.63) is 53.2 Å². The van der Waals surface area contributed by atoms with E-state index in [0.717, 1.165) is 0 Å². The van der Waals surface area contributed by atoms with Crippen LogP contribution in [0.1, 0.15) is 10.4 Å². The van der Waals surface area contributed by atoms with Gasteiger partial charge in [0.15, 0.2) is 5.82 Å². The second-order valence-electron chi connectivity index (χ2n) is 3.52. The van der Waals surface area contributed by atoms with Crippen LogP contribution in [0, 0.1) is 0 Å². The van der Waals surface area contributed by atoms with Gasteiger partial charge in [-0.2, -0.15) is 0 Å². The van der Waals surface area contributed by atoms with Gasteiger partial charge in [0.1, 0.15) is 5.75 Å². The van der Waals surface area contributed by atoms with Crippen molar-refractivity contribution in [2.75, 3.05) is 12.4 Å². The molecule has 4 nitrogen and oxygen atoms in total. The zero-order chi connectivity index (χ0) is 13.0. The highest BCUT2D eigenvalue weighted by atomic mass is 35.5. The smallest absolute Gasteiger partial charge is 0.256 e. The Morgan fingerprint density at radius 2 is 2.00 bits per heavy atom. The molecule has 0 aliphatic carbocycles. The molecule has 0 spiro atoms. The zero-order valence-corrected chi connectivity index (χ0v) is 10.4. The van der Waals surface area contributed by atoms with Crippen LogP contribution in [0.15, 0.2) is 42.6 Å². The summed E-state index contributed by atoms with van der Waals surface area (Å²) < 4.78 is 5.02. The summed E-state index contributed by atoms with van der Waals surface area (Å²) in [5.74, 6) is 0.778. The highest BCUT2D eigenvalue weighted by Crippen LogP contribution is 2.19. The first kappa shape index (κ1) is 12.4. The highest BCUT2D eigenvalue weighted by Gasteiger charge is 2.08. The molecule has 92 valence electrons. The second kappa shape index (κ2) is 5.51. The average molecular weight is 263 g/mol. The Balaban J connectivity index is 2.14. The van der Waals surface area contributed by atoms with Crippen molar-refractivity contribution < 1.29 is 9.53 Å². The molecule has 0 aliphatic heterocycles. The van der Waals surface area contributed by atoms with E-state index < -0.39 is 0 Å². The van der Waals surface area contributed by atoms with Gasteiger partial charge in [0.05, 0.1) is 12.1 Å². The number of rotatable bonds is 3. The number of pyridine rings is 1. The van der Waals surface area contributed by atoms with E-state index in [-0.39, 0.29) is 5.91 Å². The molecule has 1 aromatic heterocycles. The standard InChI is InChI=1S/C13H11ClN2O2/c1-18-10-6-4-9(5-7-10)13(17)16-12-11(14)3-2-8-15-12/h2-8H,1H3,(H,15,16,17). The van der Waals surface area contributed by atoms with Gasteiger partial charge in [-0.25, -0.2) is 4.98 Å². The number of nitrogens with one attached hydrogen (secondary N) is 1. The number of anilines is 1. The Labute approximate surface area is 110 Å².